The summed E-state index contributed by atoms with van der Waals surface area (Å²) >= 11 is 0. The van der Waals surface area contributed by atoms with Gasteiger partial charge in [0.05, 0.1) is 0 Å². The molecule has 0 atom stereocenters. The van der Waals surface area contributed by atoms with Gasteiger partial charge in [0.15, 0.2) is 0 Å². The molecule has 0 N–H and O–H groups in total. The van der Waals surface area contributed by atoms with Gasteiger partial charge in [0.2, 0.25) is 0 Å². The maximum Gasteiger partial charge on any atom is 0.0343 e. The molecule has 0 fully saturated rings. The predicted octanol–water partition coefficient (Wildman–Crippen LogP) is 3.71. The molecule has 0 radical (unpaired) electrons. The molecule has 0 bridgehead atoms. The zero-order valence-electron chi connectivity index (χ0n) is 10.2. The van der Waals surface area contributed by atoms with Gasteiger partial charge in [-0.1, -0.05) is 48.5 Å². The first kappa shape index (κ1) is 12.0. The first-order valence-electron chi connectivity index (χ1n) is 5.90. The fourth-order valence-corrected chi connectivity index (χ4v) is 2.09. The van der Waals surface area contributed by atoms with Gasteiger partial charge in [-0.3, -0.25) is 0 Å². The summed E-state index contributed by atoms with van der Waals surface area (Å²) in [5.74, 6) is 5.41. The van der Waals surface area contributed by atoms with Crippen LogP contribution in [0.3, 0.4) is 0 Å². The Morgan fingerprint density at radius 2 is 1.06 bits per heavy atom. The molecule has 0 amide bonds. The highest BCUT2D eigenvalue weighted by molar-refractivity contribution is 5.71. The van der Waals surface area contributed by atoms with Crippen molar-refractivity contribution >= 4 is 0 Å². The van der Waals surface area contributed by atoms with Crippen LogP contribution in [0.2, 0.25) is 0 Å². The van der Waals surface area contributed by atoms with Crippen LogP contribution in [0.15, 0.2) is 48.5 Å². The topological polar surface area (TPSA) is 0 Å². The first-order valence-corrected chi connectivity index (χ1v) is 5.90. The smallest absolute Gasteiger partial charge is 0.0343 e. The lowest BCUT2D eigenvalue weighted by Crippen LogP contribution is -1.92. The van der Waals surface area contributed by atoms with Gasteiger partial charge < -0.3 is 0 Å². The van der Waals surface area contributed by atoms with Crippen LogP contribution < -0.4 is 0 Å². The Morgan fingerprint density at radius 1 is 0.667 bits per heavy atom. The Bertz CT molecular complexity index is 563. The third-order valence-corrected chi connectivity index (χ3v) is 2.91. The summed E-state index contributed by atoms with van der Waals surface area (Å²) in [4.78, 5) is 0. The van der Waals surface area contributed by atoms with E-state index in [9.17, 15) is 0 Å². The molecular formula is C18H14. The van der Waals surface area contributed by atoms with Gasteiger partial charge in [-0.2, -0.15) is 0 Å². The highest BCUT2D eigenvalue weighted by atomic mass is 14.1. The van der Waals surface area contributed by atoms with Crippen molar-refractivity contribution in [1.82, 2.24) is 0 Å². The van der Waals surface area contributed by atoms with E-state index in [1.807, 2.05) is 24.3 Å². The maximum absolute atomic E-state index is 5.42. The van der Waals surface area contributed by atoms with Gasteiger partial charge in [0.25, 0.3) is 0 Å². The van der Waals surface area contributed by atoms with Crippen molar-refractivity contribution < 1.29 is 0 Å². The van der Waals surface area contributed by atoms with Gasteiger partial charge in [-0.25, -0.2) is 0 Å². The van der Waals surface area contributed by atoms with E-state index < -0.39 is 0 Å². The molecule has 0 aromatic heterocycles. The zero-order valence-corrected chi connectivity index (χ0v) is 10.2. The third-order valence-electron chi connectivity index (χ3n) is 2.91. The van der Waals surface area contributed by atoms with E-state index in [0.29, 0.717) is 12.8 Å². The molecule has 2 aromatic rings. The Morgan fingerprint density at radius 3 is 1.44 bits per heavy atom. The Labute approximate surface area is 109 Å². The van der Waals surface area contributed by atoms with Crippen molar-refractivity contribution in [3.8, 4) is 35.8 Å². The number of hydrogen-bond donors (Lipinski definition) is 0. The lowest BCUT2D eigenvalue weighted by atomic mass is 9.93. The fourth-order valence-electron chi connectivity index (χ4n) is 2.09. The third kappa shape index (κ3) is 2.45. The Balaban J connectivity index is 2.56. The van der Waals surface area contributed by atoms with Crippen molar-refractivity contribution in [2.75, 3.05) is 0 Å². The number of benzene rings is 2. The van der Waals surface area contributed by atoms with E-state index in [1.165, 1.54) is 22.3 Å². The molecule has 2 aromatic carbocycles. The Kier molecular flexibility index (Phi) is 3.85. The molecular weight excluding hydrogens is 216 g/mol. The summed E-state index contributed by atoms with van der Waals surface area (Å²) in [6.45, 7) is 0. The predicted molar refractivity (Wildman–Crippen MR) is 77.0 cm³/mol. The summed E-state index contributed by atoms with van der Waals surface area (Å²) in [7, 11) is 0. The van der Waals surface area contributed by atoms with Gasteiger partial charge in [0, 0.05) is 12.8 Å². The maximum atomic E-state index is 5.42. The van der Waals surface area contributed by atoms with Crippen molar-refractivity contribution in [1.29, 1.82) is 0 Å². The van der Waals surface area contributed by atoms with E-state index >= 15 is 0 Å². The minimum Gasteiger partial charge on any atom is -0.120 e. The second kappa shape index (κ2) is 5.76. The van der Waals surface area contributed by atoms with Crippen LogP contribution in [0, 0.1) is 24.7 Å². The molecule has 0 heteroatoms. The van der Waals surface area contributed by atoms with E-state index in [1.54, 1.807) is 0 Å². The van der Waals surface area contributed by atoms with E-state index in [0.717, 1.165) is 0 Å². The largest absolute Gasteiger partial charge is 0.120 e. The van der Waals surface area contributed by atoms with Gasteiger partial charge in [-0.15, -0.1) is 24.7 Å². The molecule has 0 aliphatic rings. The molecule has 0 aliphatic carbocycles. The molecule has 0 nitrogen and oxygen atoms in total. The van der Waals surface area contributed by atoms with E-state index in [2.05, 4.69) is 36.1 Å². The molecule has 0 heterocycles. The highest BCUT2D eigenvalue weighted by Crippen LogP contribution is 2.27. The second-order valence-electron chi connectivity index (χ2n) is 4.08. The van der Waals surface area contributed by atoms with Crippen LogP contribution in [0.25, 0.3) is 11.1 Å². The van der Waals surface area contributed by atoms with Gasteiger partial charge in [-0.05, 0) is 22.3 Å². The molecule has 0 aliphatic heterocycles. The SMILES string of the molecule is C#CCc1ccccc1-c1ccccc1CC#C. The quantitative estimate of drug-likeness (QED) is 0.705. The monoisotopic (exact) mass is 230 g/mol. The molecule has 0 unspecified atom stereocenters. The summed E-state index contributed by atoms with van der Waals surface area (Å²) < 4.78 is 0. The van der Waals surface area contributed by atoms with Gasteiger partial charge in [0.1, 0.15) is 0 Å². The highest BCUT2D eigenvalue weighted by Gasteiger charge is 2.07. The minimum absolute atomic E-state index is 0.639. The Hall–Kier alpha value is -2.44. The van der Waals surface area contributed by atoms with E-state index in [4.69, 9.17) is 12.8 Å². The number of rotatable bonds is 3. The van der Waals surface area contributed by atoms with Gasteiger partial charge >= 0.3 is 0 Å². The number of hydrogen-bond acceptors (Lipinski definition) is 0. The first-order chi connectivity index (χ1) is 8.86. The van der Waals surface area contributed by atoms with Crippen LogP contribution >= 0.6 is 0 Å². The second-order valence-corrected chi connectivity index (χ2v) is 4.08. The van der Waals surface area contributed by atoms with Crippen LogP contribution in [-0.2, 0) is 12.8 Å². The van der Waals surface area contributed by atoms with E-state index in [-0.39, 0.29) is 0 Å². The lowest BCUT2D eigenvalue weighted by Gasteiger charge is -2.11. The van der Waals surface area contributed by atoms with Crippen molar-refractivity contribution in [3.05, 3.63) is 59.7 Å². The normalized spacial score (nSPS) is 9.44. The summed E-state index contributed by atoms with van der Waals surface area (Å²) in [5.41, 5.74) is 4.71. The van der Waals surface area contributed by atoms with Crippen molar-refractivity contribution in [3.63, 3.8) is 0 Å². The average molecular weight is 230 g/mol. The molecule has 0 saturated carbocycles. The van der Waals surface area contributed by atoms with Crippen LogP contribution in [0.4, 0.5) is 0 Å². The molecule has 0 saturated heterocycles. The van der Waals surface area contributed by atoms with Crippen LogP contribution in [-0.4, -0.2) is 0 Å². The fraction of sp³-hybridized carbons (Fsp3) is 0.111. The standard InChI is InChI=1S/C18H14/c1-3-9-15-11-5-7-13-17(15)18-14-8-6-12-16(18)10-4-2/h1-2,5-8,11-14H,9-10H2. The van der Waals surface area contributed by atoms with Crippen molar-refractivity contribution in [2.24, 2.45) is 0 Å². The summed E-state index contributed by atoms with van der Waals surface area (Å²) in [6.07, 6.45) is 12.1. The zero-order chi connectivity index (χ0) is 12.8. The van der Waals surface area contributed by atoms with Crippen LogP contribution in [0.5, 0.6) is 0 Å². The molecule has 18 heavy (non-hydrogen) atoms. The van der Waals surface area contributed by atoms with Crippen molar-refractivity contribution in [2.45, 2.75) is 12.8 Å². The molecule has 0 spiro atoms. The lowest BCUT2D eigenvalue weighted by molar-refractivity contribution is 1.28. The molecule has 86 valence electrons. The number of terminal acetylenes is 2. The van der Waals surface area contributed by atoms with Crippen LogP contribution in [0.1, 0.15) is 11.1 Å². The summed E-state index contributed by atoms with van der Waals surface area (Å²) in [5, 5.41) is 0. The summed E-state index contributed by atoms with van der Waals surface area (Å²) in [6, 6.07) is 16.4. The minimum atomic E-state index is 0.639. The molecule has 2 rings (SSSR count). The average Bonchev–Trinajstić information content (AvgIpc) is 2.41.